The first-order chi connectivity index (χ1) is 9.56. The lowest BCUT2D eigenvalue weighted by molar-refractivity contribution is 0.0684. The van der Waals surface area contributed by atoms with E-state index in [2.05, 4.69) is 31.0 Å². The smallest absolute Gasteiger partial charge is 0.375 e. The van der Waals surface area contributed by atoms with Crippen LogP contribution in [-0.2, 0) is 0 Å². The lowest BCUT2D eigenvalue weighted by Gasteiger charge is -2.04. The van der Waals surface area contributed by atoms with E-state index in [1.165, 1.54) is 16.8 Å². The first kappa shape index (κ1) is 12.7. The summed E-state index contributed by atoms with van der Waals surface area (Å²) in [6.45, 7) is 0. The van der Waals surface area contributed by atoms with E-state index in [0.29, 0.717) is 15.7 Å². The highest BCUT2D eigenvalue weighted by molar-refractivity contribution is 9.10. The molecule has 2 heterocycles. The molecule has 0 radical (unpaired) electrons. The largest absolute Gasteiger partial charge is 0.475 e. The molecule has 0 fully saturated rings. The van der Waals surface area contributed by atoms with Crippen molar-refractivity contribution in [3.05, 3.63) is 46.6 Å². The molecular formula is C12H6BrFN4O2. The second-order valence-electron chi connectivity index (χ2n) is 3.91. The van der Waals surface area contributed by atoms with Gasteiger partial charge in [-0.1, -0.05) is 0 Å². The van der Waals surface area contributed by atoms with Gasteiger partial charge in [0.2, 0.25) is 0 Å². The molecule has 100 valence electrons. The quantitative estimate of drug-likeness (QED) is 0.777. The van der Waals surface area contributed by atoms with Crippen LogP contribution in [0.15, 0.2) is 34.9 Å². The second-order valence-corrected chi connectivity index (χ2v) is 4.77. The minimum atomic E-state index is -1.23. The number of carboxylic acids is 1. The molecule has 0 aliphatic rings. The number of carboxylic acid groups (broad SMARTS) is 1. The summed E-state index contributed by atoms with van der Waals surface area (Å²) >= 11 is 3.11. The second kappa shape index (κ2) is 4.64. The van der Waals surface area contributed by atoms with Crippen LogP contribution in [-0.4, -0.2) is 30.7 Å². The van der Waals surface area contributed by atoms with Crippen molar-refractivity contribution in [3.8, 4) is 11.3 Å². The van der Waals surface area contributed by atoms with Crippen LogP contribution in [0.25, 0.3) is 17.0 Å². The molecule has 3 aromatic rings. The van der Waals surface area contributed by atoms with Crippen molar-refractivity contribution in [2.24, 2.45) is 0 Å². The third-order valence-corrected chi connectivity index (χ3v) is 3.26. The Labute approximate surface area is 120 Å². The Morgan fingerprint density at radius 3 is 2.85 bits per heavy atom. The molecule has 3 rings (SSSR count). The van der Waals surface area contributed by atoms with Crippen LogP contribution in [0.4, 0.5) is 4.39 Å². The Balaban J connectivity index is 2.24. The fourth-order valence-corrected chi connectivity index (χ4v) is 2.14. The number of nitrogens with zero attached hydrogens (tertiary/aromatic N) is 4. The Kier molecular flexibility index (Phi) is 2.94. The van der Waals surface area contributed by atoms with E-state index >= 15 is 0 Å². The minimum absolute atomic E-state index is 0.167. The van der Waals surface area contributed by atoms with Crippen LogP contribution in [0.5, 0.6) is 0 Å². The Morgan fingerprint density at radius 1 is 1.35 bits per heavy atom. The maximum Gasteiger partial charge on any atom is 0.375 e. The molecule has 0 aliphatic carbocycles. The number of carbonyl (C=O) groups is 1. The van der Waals surface area contributed by atoms with Gasteiger partial charge in [-0.2, -0.15) is 9.50 Å². The first-order valence-corrected chi connectivity index (χ1v) is 6.26. The van der Waals surface area contributed by atoms with Crippen LogP contribution in [0.2, 0.25) is 0 Å². The molecule has 0 saturated heterocycles. The van der Waals surface area contributed by atoms with Gasteiger partial charge >= 0.3 is 5.97 Å². The number of hydrogen-bond acceptors (Lipinski definition) is 4. The molecular weight excluding hydrogens is 331 g/mol. The van der Waals surface area contributed by atoms with Gasteiger partial charge in [-0.05, 0) is 40.2 Å². The van der Waals surface area contributed by atoms with Crippen molar-refractivity contribution in [3.63, 3.8) is 0 Å². The molecule has 0 saturated carbocycles. The average Bonchev–Trinajstić information content (AvgIpc) is 2.86. The monoisotopic (exact) mass is 336 g/mol. The van der Waals surface area contributed by atoms with E-state index < -0.39 is 5.97 Å². The molecule has 1 aromatic carbocycles. The SMILES string of the molecule is O=C(O)c1nc2nccc(-c3ccc(F)c(Br)c3)n2n1. The normalized spacial score (nSPS) is 10.9. The summed E-state index contributed by atoms with van der Waals surface area (Å²) < 4.78 is 14.9. The van der Waals surface area contributed by atoms with Gasteiger partial charge in [-0.3, -0.25) is 0 Å². The molecule has 20 heavy (non-hydrogen) atoms. The number of halogens is 2. The topological polar surface area (TPSA) is 80.4 Å². The van der Waals surface area contributed by atoms with E-state index in [1.807, 2.05) is 0 Å². The highest BCUT2D eigenvalue weighted by atomic mass is 79.9. The Hall–Kier alpha value is -2.35. The van der Waals surface area contributed by atoms with Gasteiger partial charge in [-0.15, -0.1) is 5.10 Å². The van der Waals surface area contributed by atoms with E-state index in [1.54, 1.807) is 18.2 Å². The van der Waals surface area contributed by atoms with Crippen LogP contribution in [0, 0.1) is 5.82 Å². The number of hydrogen-bond donors (Lipinski definition) is 1. The van der Waals surface area contributed by atoms with E-state index in [9.17, 15) is 9.18 Å². The first-order valence-electron chi connectivity index (χ1n) is 5.47. The summed E-state index contributed by atoms with van der Waals surface area (Å²) in [5.74, 6) is -1.79. The van der Waals surface area contributed by atoms with Gasteiger partial charge in [-0.25, -0.2) is 14.2 Å². The van der Waals surface area contributed by atoms with Crippen molar-refractivity contribution in [2.45, 2.75) is 0 Å². The van der Waals surface area contributed by atoms with E-state index in [-0.39, 0.29) is 17.4 Å². The standard InChI is InChI=1S/C12H6BrFN4O2/c13-7-5-6(1-2-8(7)14)9-3-4-15-12-16-10(11(19)20)17-18(9)12/h1-5H,(H,19,20). The zero-order valence-corrected chi connectivity index (χ0v) is 11.4. The number of fused-ring (bicyclic) bond motifs is 1. The fraction of sp³-hybridized carbons (Fsp3) is 0. The molecule has 0 spiro atoms. The number of aromatic nitrogens is 4. The van der Waals surface area contributed by atoms with Crippen LogP contribution in [0.3, 0.4) is 0 Å². The van der Waals surface area contributed by atoms with Crippen molar-refractivity contribution in [1.29, 1.82) is 0 Å². The van der Waals surface area contributed by atoms with Gasteiger partial charge < -0.3 is 5.11 Å². The van der Waals surface area contributed by atoms with Crippen molar-refractivity contribution >= 4 is 27.7 Å². The lowest BCUT2D eigenvalue weighted by atomic mass is 10.1. The predicted octanol–water partition coefficient (Wildman–Crippen LogP) is 2.39. The zero-order valence-electron chi connectivity index (χ0n) is 9.79. The number of rotatable bonds is 2. The highest BCUT2D eigenvalue weighted by Gasteiger charge is 2.15. The van der Waals surface area contributed by atoms with Gasteiger partial charge in [0, 0.05) is 11.8 Å². The molecule has 1 N–H and O–H groups in total. The third-order valence-electron chi connectivity index (χ3n) is 2.65. The van der Waals surface area contributed by atoms with Crippen LogP contribution >= 0.6 is 15.9 Å². The third kappa shape index (κ3) is 2.03. The zero-order chi connectivity index (χ0) is 14.3. The number of benzene rings is 1. The summed E-state index contributed by atoms with van der Waals surface area (Å²) in [6, 6.07) is 6.09. The fourth-order valence-electron chi connectivity index (χ4n) is 1.76. The van der Waals surface area contributed by atoms with Gasteiger partial charge in [0.25, 0.3) is 11.6 Å². The summed E-state index contributed by atoms with van der Waals surface area (Å²) in [4.78, 5) is 18.6. The van der Waals surface area contributed by atoms with E-state index in [4.69, 9.17) is 5.11 Å². The predicted molar refractivity (Wildman–Crippen MR) is 70.8 cm³/mol. The lowest BCUT2D eigenvalue weighted by Crippen LogP contribution is -2.00. The van der Waals surface area contributed by atoms with Gasteiger partial charge in [0.1, 0.15) is 5.82 Å². The van der Waals surface area contributed by atoms with Crippen molar-refractivity contribution in [2.75, 3.05) is 0 Å². The maximum atomic E-state index is 13.3. The molecule has 0 bridgehead atoms. The summed E-state index contributed by atoms with van der Waals surface area (Å²) in [6.07, 6.45) is 1.49. The highest BCUT2D eigenvalue weighted by Crippen LogP contribution is 2.25. The van der Waals surface area contributed by atoms with Gasteiger partial charge in [0.15, 0.2) is 0 Å². The summed E-state index contributed by atoms with van der Waals surface area (Å²) in [5, 5.41) is 12.8. The summed E-state index contributed by atoms with van der Waals surface area (Å²) in [7, 11) is 0. The molecule has 6 nitrogen and oxygen atoms in total. The average molecular weight is 337 g/mol. The van der Waals surface area contributed by atoms with Crippen LogP contribution < -0.4 is 0 Å². The molecule has 0 aliphatic heterocycles. The Bertz CT molecular complexity index is 833. The molecule has 0 amide bonds. The minimum Gasteiger partial charge on any atom is -0.475 e. The van der Waals surface area contributed by atoms with E-state index in [0.717, 1.165) is 0 Å². The van der Waals surface area contributed by atoms with Gasteiger partial charge in [0.05, 0.1) is 10.2 Å². The molecule has 0 unspecified atom stereocenters. The van der Waals surface area contributed by atoms with Crippen molar-refractivity contribution in [1.82, 2.24) is 19.6 Å². The molecule has 2 aromatic heterocycles. The maximum absolute atomic E-state index is 13.3. The Morgan fingerprint density at radius 2 is 2.15 bits per heavy atom. The molecule has 0 atom stereocenters. The molecule has 8 heteroatoms. The van der Waals surface area contributed by atoms with Crippen LogP contribution in [0.1, 0.15) is 10.6 Å². The van der Waals surface area contributed by atoms with Crippen molar-refractivity contribution < 1.29 is 14.3 Å². The summed E-state index contributed by atoms with van der Waals surface area (Å²) in [5.41, 5.74) is 1.23. The number of aromatic carboxylic acids is 1.